The van der Waals surface area contributed by atoms with Crippen LogP contribution in [-0.2, 0) is 10.0 Å². The van der Waals surface area contributed by atoms with Gasteiger partial charge in [-0.25, -0.2) is 8.42 Å². The number of sulfonamides is 1. The molecular formula is C18H22N2O3S. The van der Waals surface area contributed by atoms with Gasteiger partial charge in [-0.3, -0.25) is 9.52 Å². The smallest absolute Gasteiger partial charge is 0.252 e. The van der Waals surface area contributed by atoms with Crippen LogP contribution in [0.15, 0.2) is 48.5 Å². The van der Waals surface area contributed by atoms with E-state index in [1.807, 2.05) is 37.3 Å². The average molecular weight is 346 g/mol. The highest BCUT2D eigenvalue weighted by Gasteiger charge is 2.17. The van der Waals surface area contributed by atoms with E-state index in [9.17, 15) is 13.2 Å². The zero-order valence-electron chi connectivity index (χ0n) is 14.0. The molecule has 0 aliphatic carbocycles. The maximum atomic E-state index is 12.6. The molecule has 2 aromatic carbocycles. The lowest BCUT2D eigenvalue weighted by Gasteiger charge is -2.19. The van der Waals surface area contributed by atoms with Crippen molar-refractivity contribution in [3.05, 3.63) is 65.2 Å². The van der Waals surface area contributed by atoms with Gasteiger partial charge in [-0.05, 0) is 36.6 Å². The molecule has 0 spiro atoms. The summed E-state index contributed by atoms with van der Waals surface area (Å²) in [6, 6.07) is 14.7. The number of amides is 1. The molecule has 5 nitrogen and oxygen atoms in total. The fourth-order valence-electron chi connectivity index (χ4n) is 2.53. The van der Waals surface area contributed by atoms with Crippen LogP contribution in [0.3, 0.4) is 0 Å². The lowest BCUT2D eigenvalue weighted by molar-refractivity contribution is 0.0935. The van der Waals surface area contributed by atoms with Crippen LogP contribution < -0.4 is 10.0 Å². The van der Waals surface area contributed by atoms with Gasteiger partial charge in [0, 0.05) is 5.56 Å². The van der Waals surface area contributed by atoms with Gasteiger partial charge in [-0.15, -0.1) is 0 Å². The molecule has 1 atom stereocenters. The third-order valence-electron chi connectivity index (χ3n) is 3.79. The first-order chi connectivity index (χ1) is 11.3. The summed E-state index contributed by atoms with van der Waals surface area (Å²) in [6.45, 7) is 3.73. The molecule has 2 N–H and O–H groups in total. The van der Waals surface area contributed by atoms with Crippen molar-refractivity contribution in [1.29, 1.82) is 0 Å². The fraction of sp³-hybridized carbons (Fsp3) is 0.278. The van der Waals surface area contributed by atoms with Gasteiger partial charge in [0.2, 0.25) is 10.0 Å². The molecule has 2 rings (SSSR count). The third-order valence-corrected chi connectivity index (χ3v) is 4.38. The van der Waals surface area contributed by atoms with Gasteiger partial charge >= 0.3 is 0 Å². The summed E-state index contributed by atoms with van der Waals surface area (Å²) in [7, 11) is -3.39. The molecular weight excluding hydrogens is 324 g/mol. The molecule has 6 heteroatoms. The second-order valence-electron chi connectivity index (χ2n) is 5.70. The van der Waals surface area contributed by atoms with Gasteiger partial charge in [-0.1, -0.05) is 43.3 Å². The van der Waals surface area contributed by atoms with Crippen molar-refractivity contribution >= 4 is 21.6 Å². The Morgan fingerprint density at radius 3 is 2.33 bits per heavy atom. The number of hydrogen-bond donors (Lipinski definition) is 2. The maximum Gasteiger partial charge on any atom is 0.252 e. The first-order valence-electron chi connectivity index (χ1n) is 7.75. The predicted octanol–water partition coefficient (Wildman–Crippen LogP) is 3.25. The SMILES string of the molecule is CCC(NC(=O)c1cccc(NS(C)(=O)=O)c1C)c1ccccc1. The molecule has 0 aliphatic rings. The Balaban J connectivity index is 2.25. The van der Waals surface area contributed by atoms with E-state index < -0.39 is 10.0 Å². The van der Waals surface area contributed by atoms with Crippen LogP contribution in [0, 0.1) is 6.92 Å². The number of carbonyl (C=O) groups is 1. The van der Waals surface area contributed by atoms with Crippen LogP contribution >= 0.6 is 0 Å². The second-order valence-corrected chi connectivity index (χ2v) is 7.45. The highest BCUT2D eigenvalue weighted by Crippen LogP contribution is 2.22. The summed E-state index contributed by atoms with van der Waals surface area (Å²) in [5, 5.41) is 3.01. The van der Waals surface area contributed by atoms with Gasteiger partial charge in [0.05, 0.1) is 18.0 Å². The van der Waals surface area contributed by atoms with E-state index in [-0.39, 0.29) is 11.9 Å². The van der Waals surface area contributed by atoms with Crippen LogP contribution in [0.4, 0.5) is 5.69 Å². The fourth-order valence-corrected chi connectivity index (χ4v) is 3.15. The van der Waals surface area contributed by atoms with Crippen molar-refractivity contribution in [3.8, 4) is 0 Å². The lowest BCUT2D eigenvalue weighted by atomic mass is 10.0. The van der Waals surface area contributed by atoms with E-state index in [0.29, 0.717) is 16.8 Å². The number of benzene rings is 2. The molecule has 0 saturated carbocycles. The topological polar surface area (TPSA) is 75.3 Å². The van der Waals surface area contributed by atoms with Crippen LogP contribution in [-0.4, -0.2) is 20.6 Å². The summed E-state index contributed by atoms with van der Waals surface area (Å²) in [6.07, 6.45) is 1.85. The summed E-state index contributed by atoms with van der Waals surface area (Å²) in [5.74, 6) is -0.222. The van der Waals surface area contributed by atoms with E-state index in [4.69, 9.17) is 0 Å². The van der Waals surface area contributed by atoms with Gasteiger partial charge in [0.15, 0.2) is 0 Å². The molecule has 0 saturated heterocycles. The van der Waals surface area contributed by atoms with Crippen LogP contribution in [0.5, 0.6) is 0 Å². The van der Waals surface area contributed by atoms with Crippen LogP contribution in [0.1, 0.15) is 40.9 Å². The Labute approximate surface area is 143 Å². The van der Waals surface area contributed by atoms with Crippen molar-refractivity contribution in [2.24, 2.45) is 0 Å². The molecule has 1 unspecified atom stereocenters. The van der Waals surface area contributed by atoms with Crippen LogP contribution in [0.25, 0.3) is 0 Å². The van der Waals surface area contributed by atoms with Gasteiger partial charge < -0.3 is 5.32 Å². The summed E-state index contributed by atoms with van der Waals surface area (Å²) >= 11 is 0. The Bertz CT molecular complexity index is 817. The van der Waals surface area contributed by atoms with E-state index >= 15 is 0 Å². The zero-order chi connectivity index (χ0) is 17.7. The van der Waals surface area contributed by atoms with Crippen molar-refractivity contribution in [3.63, 3.8) is 0 Å². The minimum atomic E-state index is -3.39. The van der Waals surface area contributed by atoms with Crippen molar-refractivity contribution in [1.82, 2.24) is 5.32 Å². The molecule has 0 aromatic heterocycles. The largest absolute Gasteiger partial charge is 0.345 e. The maximum absolute atomic E-state index is 12.6. The van der Waals surface area contributed by atoms with E-state index in [2.05, 4.69) is 10.0 Å². The Hall–Kier alpha value is -2.34. The zero-order valence-corrected chi connectivity index (χ0v) is 14.9. The first kappa shape index (κ1) is 18.0. The quantitative estimate of drug-likeness (QED) is 0.843. The third kappa shape index (κ3) is 4.58. The number of carbonyl (C=O) groups excluding carboxylic acids is 1. The molecule has 0 heterocycles. The number of rotatable bonds is 6. The first-order valence-corrected chi connectivity index (χ1v) is 9.64. The number of hydrogen-bond acceptors (Lipinski definition) is 3. The Morgan fingerprint density at radius 1 is 1.08 bits per heavy atom. The summed E-state index contributed by atoms with van der Waals surface area (Å²) in [5.41, 5.74) is 2.51. The minimum Gasteiger partial charge on any atom is -0.345 e. The summed E-state index contributed by atoms with van der Waals surface area (Å²) in [4.78, 5) is 12.6. The lowest BCUT2D eigenvalue weighted by Crippen LogP contribution is -2.29. The number of anilines is 1. The highest BCUT2D eigenvalue weighted by atomic mass is 32.2. The predicted molar refractivity (Wildman–Crippen MR) is 96.6 cm³/mol. The molecule has 0 aliphatic heterocycles. The van der Waals surface area contributed by atoms with Gasteiger partial charge in [0.1, 0.15) is 0 Å². The Kier molecular flexibility index (Phi) is 5.62. The average Bonchev–Trinajstić information content (AvgIpc) is 2.54. The highest BCUT2D eigenvalue weighted by molar-refractivity contribution is 7.92. The molecule has 1 amide bonds. The van der Waals surface area contributed by atoms with Gasteiger partial charge in [-0.2, -0.15) is 0 Å². The van der Waals surface area contributed by atoms with Crippen molar-refractivity contribution in [2.45, 2.75) is 26.3 Å². The van der Waals surface area contributed by atoms with Crippen LogP contribution in [0.2, 0.25) is 0 Å². The van der Waals surface area contributed by atoms with Crippen molar-refractivity contribution < 1.29 is 13.2 Å². The standard InChI is InChI=1S/C18H22N2O3S/c1-4-16(14-9-6-5-7-10-14)19-18(21)15-11-8-12-17(13(15)2)20-24(3,22)23/h5-12,16,20H,4H2,1-3H3,(H,19,21). The Morgan fingerprint density at radius 2 is 1.75 bits per heavy atom. The van der Waals surface area contributed by atoms with E-state index in [0.717, 1.165) is 18.2 Å². The van der Waals surface area contributed by atoms with Gasteiger partial charge in [0.25, 0.3) is 5.91 Å². The monoisotopic (exact) mass is 346 g/mol. The molecule has 2 aromatic rings. The molecule has 0 bridgehead atoms. The van der Waals surface area contributed by atoms with E-state index in [1.54, 1.807) is 25.1 Å². The normalized spacial score (nSPS) is 12.5. The minimum absolute atomic E-state index is 0.0929. The molecule has 0 fully saturated rings. The molecule has 0 radical (unpaired) electrons. The van der Waals surface area contributed by atoms with E-state index in [1.165, 1.54) is 0 Å². The molecule has 24 heavy (non-hydrogen) atoms. The van der Waals surface area contributed by atoms with Crippen molar-refractivity contribution in [2.75, 3.05) is 11.0 Å². The summed E-state index contributed by atoms with van der Waals surface area (Å²) < 4.78 is 25.3. The number of nitrogens with one attached hydrogen (secondary N) is 2. The molecule has 128 valence electrons. The second kappa shape index (κ2) is 7.49.